The van der Waals surface area contributed by atoms with Gasteiger partial charge in [-0.15, -0.1) is 0 Å². The molecule has 1 aliphatic carbocycles. The van der Waals surface area contributed by atoms with Gasteiger partial charge >= 0.3 is 0 Å². The van der Waals surface area contributed by atoms with E-state index in [9.17, 15) is 4.79 Å². The number of amides is 1. The van der Waals surface area contributed by atoms with Crippen LogP contribution in [0.1, 0.15) is 44.2 Å². The van der Waals surface area contributed by atoms with Crippen LogP contribution in [-0.2, 0) is 11.2 Å². The van der Waals surface area contributed by atoms with E-state index in [1.165, 1.54) is 25.7 Å². The molecule has 1 amide bonds. The third-order valence-electron chi connectivity index (χ3n) is 3.79. The van der Waals surface area contributed by atoms with E-state index in [1.807, 2.05) is 18.2 Å². The van der Waals surface area contributed by atoms with Gasteiger partial charge in [-0.2, -0.15) is 0 Å². The summed E-state index contributed by atoms with van der Waals surface area (Å²) in [6.45, 7) is 1.19. The Balaban J connectivity index is 1.58. The molecule has 2 N–H and O–H groups in total. The Kier molecular flexibility index (Phi) is 6.51. The van der Waals surface area contributed by atoms with E-state index in [4.69, 9.17) is 0 Å². The lowest BCUT2D eigenvalue weighted by Gasteiger charge is -2.16. The first kappa shape index (κ1) is 15.0. The highest BCUT2D eigenvalue weighted by Crippen LogP contribution is 2.16. The molecule has 0 unspecified atom stereocenters. The predicted octanol–water partition coefficient (Wildman–Crippen LogP) is 2.05. The number of pyridine rings is 1. The van der Waals surface area contributed by atoms with Crippen molar-refractivity contribution in [3.8, 4) is 0 Å². The summed E-state index contributed by atoms with van der Waals surface area (Å²) < 4.78 is 0. The summed E-state index contributed by atoms with van der Waals surface area (Å²) in [6.07, 6.45) is 10.1. The van der Waals surface area contributed by atoms with Gasteiger partial charge in [0.25, 0.3) is 0 Å². The molecule has 1 saturated carbocycles. The van der Waals surface area contributed by atoms with Gasteiger partial charge < -0.3 is 10.6 Å². The summed E-state index contributed by atoms with van der Waals surface area (Å²) in [4.78, 5) is 16.1. The molecule has 4 heteroatoms. The van der Waals surface area contributed by atoms with Gasteiger partial charge in [-0.05, 0) is 25.0 Å². The van der Waals surface area contributed by atoms with Crippen LogP contribution in [0, 0.1) is 0 Å². The molecule has 0 aromatic carbocycles. The second kappa shape index (κ2) is 8.69. The van der Waals surface area contributed by atoms with E-state index < -0.39 is 0 Å². The number of hydrogen-bond acceptors (Lipinski definition) is 3. The van der Waals surface area contributed by atoms with Crippen LogP contribution in [0.25, 0.3) is 0 Å². The van der Waals surface area contributed by atoms with Crippen molar-refractivity contribution in [3.05, 3.63) is 30.1 Å². The van der Waals surface area contributed by atoms with Crippen molar-refractivity contribution >= 4 is 5.91 Å². The standard InChI is InChI=1S/C16H25N3O/c20-16(19-15-8-3-1-2-4-9-15)13-17-12-10-14-7-5-6-11-18-14/h5-7,11,15,17H,1-4,8-10,12-13H2,(H,19,20). The second-order valence-electron chi connectivity index (χ2n) is 5.50. The molecule has 0 bridgehead atoms. The highest BCUT2D eigenvalue weighted by Gasteiger charge is 2.14. The lowest BCUT2D eigenvalue weighted by atomic mass is 10.1. The van der Waals surface area contributed by atoms with Crippen molar-refractivity contribution in [1.29, 1.82) is 0 Å². The zero-order valence-corrected chi connectivity index (χ0v) is 12.1. The van der Waals surface area contributed by atoms with E-state index in [1.54, 1.807) is 6.20 Å². The Morgan fingerprint density at radius 1 is 1.20 bits per heavy atom. The van der Waals surface area contributed by atoms with E-state index in [2.05, 4.69) is 15.6 Å². The number of aromatic nitrogens is 1. The fourth-order valence-electron chi connectivity index (χ4n) is 2.67. The molecule has 0 spiro atoms. The SMILES string of the molecule is O=C(CNCCc1ccccn1)NC1CCCCCC1. The summed E-state index contributed by atoms with van der Waals surface area (Å²) in [5.41, 5.74) is 1.06. The van der Waals surface area contributed by atoms with Crippen molar-refractivity contribution in [2.45, 2.75) is 51.0 Å². The smallest absolute Gasteiger partial charge is 0.234 e. The summed E-state index contributed by atoms with van der Waals surface area (Å²) in [7, 11) is 0. The topological polar surface area (TPSA) is 54.0 Å². The molecule has 110 valence electrons. The molecule has 0 radical (unpaired) electrons. The van der Waals surface area contributed by atoms with Crippen LogP contribution in [-0.4, -0.2) is 30.0 Å². The molecule has 2 rings (SSSR count). The molecule has 20 heavy (non-hydrogen) atoms. The number of rotatable bonds is 6. The molecular formula is C16H25N3O. The van der Waals surface area contributed by atoms with Crippen LogP contribution >= 0.6 is 0 Å². The van der Waals surface area contributed by atoms with Gasteiger partial charge in [0.15, 0.2) is 0 Å². The maximum Gasteiger partial charge on any atom is 0.234 e. The third-order valence-corrected chi connectivity index (χ3v) is 3.79. The number of nitrogens with one attached hydrogen (secondary N) is 2. The van der Waals surface area contributed by atoms with Gasteiger partial charge in [-0.25, -0.2) is 0 Å². The minimum atomic E-state index is 0.123. The van der Waals surface area contributed by atoms with E-state index in [0.29, 0.717) is 12.6 Å². The Bertz CT molecular complexity index is 386. The van der Waals surface area contributed by atoms with Gasteiger partial charge in [-0.3, -0.25) is 9.78 Å². The molecule has 0 saturated heterocycles. The molecule has 1 fully saturated rings. The molecule has 1 aromatic rings. The van der Waals surface area contributed by atoms with E-state index in [0.717, 1.165) is 31.5 Å². The summed E-state index contributed by atoms with van der Waals surface area (Å²) >= 11 is 0. The molecule has 4 nitrogen and oxygen atoms in total. The Morgan fingerprint density at radius 3 is 2.70 bits per heavy atom. The van der Waals surface area contributed by atoms with E-state index in [-0.39, 0.29) is 5.91 Å². The number of carbonyl (C=O) groups excluding carboxylic acids is 1. The van der Waals surface area contributed by atoms with Gasteiger partial charge in [0.1, 0.15) is 0 Å². The maximum atomic E-state index is 11.8. The number of nitrogens with zero attached hydrogens (tertiary/aromatic N) is 1. The average Bonchev–Trinajstić information content (AvgIpc) is 2.73. The molecule has 1 aromatic heterocycles. The lowest BCUT2D eigenvalue weighted by Crippen LogP contribution is -2.40. The quantitative estimate of drug-likeness (QED) is 0.617. The van der Waals surface area contributed by atoms with Gasteiger partial charge in [0, 0.05) is 30.9 Å². The highest BCUT2D eigenvalue weighted by atomic mass is 16.1. The van der Waals surface area contributed by atoms with Crippen LogP contribution in [0.4, 0.5) is 0 Å². The van der Waals surface area contributed by atoms with Crippen molar-refractivity contribution in [1.82, 2.24) is 15.6 Å². The normalized spacial score (nSPS) is 16.6. The van der Waals surface area contributed by atoms with E-state index >= 15 is 0 Å². The van der Waals surface area contributed by atoms with Crippen LogP contribution < -0.4 is 10.6 Å². The maximum absolute atomic E-state index is 11.8. The van der Waals surface area contributed by atoms with Crippen molar-refractivity contribution in [2.75, 3.05) is 13.1 Å². The number of hydrogen-bond donors (Lipinski definition) is 2. The molecule has 1 heterocycles. The van der Waals surface area contributed by atoms with Crippen LogP contribution in [0.3, 0.4) is 0 Å². The summed E-state index contributed by atoms with van der Waals surface area (Å²) in [6, 6.07) is 6.30. The predicted molar refractivity (Wildman–Crippen MR) is 80.4 cm³/mol. The fourth-order valence-corrected chi connectivity index (χ4v) is 2.67. The van der Waals surface area contributed by atoms with Gasteiger partial charge in [-0.1, -0.05) is 31.7 Å². The van der Waals surface area contributed by atoms with Crippen LogP contribution in [0.2, 0.25) is 0 Å². The average molecular weight is 275 g/mol. The zero-order chi connectivity index (χ0) is 14.0. The van der Waals surface area contributed by atoms with Crippen molar-refractivity contribution in [2.24, 2.45) is 0 Å². The first-order valence-corrected chi connectivity index (χ1v) is 7.74. The van der Waals surface area contributed by atoms with Crippen LogP contribution in [0.5, 0.6) is 0 Å². The van der Waals surface area contributed by atoms with Crippen molar-refractivity contribution < 1.29 is 4.79 Å². The Morgan fingerprint density at radius 2 is 2.00 bits per heavy atom. The monoisotopic (exact) mass is 275 g/mol. The first-order chi connectivity index (χ1) is 9.84. The summed E-state index contributed by atoms with van der Waals surface area (Å²) in [5, 5.41) is 6.33. The van der Waals surface area contributed by atoms with Crippen molar-refractivity contribution in [3.63, 3.8) is 0 Å². The molecule has 0 atom stereocenters. The Labute approximate surface area is 121 Å². The Hall–Kier alpha value is -1.42. The van der Waals surface area contributed by atoms with Crippen LogP contribution in [0.15, 0.2) is 24.4 Å². The summed E-state index contributed by atoms with van der Waals surface area (Å²) in [5.74, 6) is 0.123. The highest BCUT2D eigenvalue weighted by molar-refractivity contribution is 5.78. The molecule has 1 aliphatic rings. The minimum Gasteiger partial charge on any atom is -0.352 e. The lowest BCUT2D eigenvalue weighted by molar-refractivity contribution is -0.121. The fraction of sp³-hybridized carbons (Fsp3) is 0.625. The first-order valence-electron chi connectivity index (χ1n) is 7.74. The molecular weight excluding hydrogens is 250 g/mol. The largest absolute Gasteiger partial charge is 0.352 e. The van der Waals surface area contributed by atoms with Gasteiger partial charge in [0.2, 0.25) is 5.91 Å². The second-order valence-corrected chi connectivity index (χ2v) is 5.50. The third kappa shape index (κ3) is 5.70. The molecule has 0 aliphatic heterocycles. The minimum absolute atomic E-state index is 0.123. The number of carbonyl (C=O) groups is 1. The van der Waals surface area contributed by atoms with Gasteiger partial charge in [0.05, 0.1) is 6.54 Å². The zero-order valence-electron chi connectivity index (χ0n) is 12.1.